The smallest absolute Gasteiger partial charge is 0.243 e. The third-order valence-corrected chi connectivity index (χ3v) is 7.98. The van der Waals surface area contributed by atoms with Gasteiger partial charge in [-0.25, -0.2) is 8.42 Å². The topological polar surface area (TPSA) is 57.7 Å². The second kappa shape index (κ2) is 7.61. The fourth-order valence-electron chi connectivity index (χ4n) is 4.24. The van der Waals surface area contributed by atoms with Crippen molar-refractivity contribution >= 4 is 37.5 Å². The highest BCUT2D eigenvalue weighted by Gasteiger charge is 2.39. The number of nitrogens with zero attached hydrogens (tertiary/aromatic N) is 2. The molecule has 0 unspecified atom stereocenters. The van der Waals surface area contributed by atoms with Crippen LogP contribution in [-0.2, 0) is 21.2 Å². The van der Waals surface area contributed by atoms with Crippen molar-refractivity contribution in [3.8, 4) is 0 Å². The first-order valence-corrected chi connectivity index (χ1v) is 11.8. The van der Waals surface area contributed by atoms with Gasteiger partial charge in [0.05, 0.1) is 10.8 Å². The molecule has 1 fully saturated rings. The van der Waals surface area contributed by atoms with E-state index in [0.717, 1.165) is 22.1 Å². The maximum Gasteiger partial charge on any atom is 0.243 e. The summed E-state index contributed by atoms with van der Waals surface area (Å²) in [5, 5.41) is 0. The van der Waals surface area contributed by atoms with E-state index >= 15 is 0 Å². The first-order valence-electron chi connectivity index (χ1n) is 9.54. The van der Waals surface area contributed by atoms with Crippen LogP contribution in [0.15, 0.2) is 57.9 Å². The molecule has 2 aromatic rings. The molecule has 0 radical (unpaired) electrons. The fourth-order valence-corrected chi connectivity index (χ4v) is 6.19. The van der Waals surface area contributed by atoms with Gasteiger partial charge in [-0.2, -0.15) is 4.31 Å². The van der Waals surface area contributed by atoms with Crippen molar-refractivity contribution in [2.75, 3.05) is 18.0 Å². The lowest BCUT2D eigenvalue weighted by atomic mass is 9.97. The highest BCUT2D eigenvalue weighted by atomic mass is 79.9. The van der Waals surface area contributed by atoms with Gasteiger partial charge < -0.3 is 4.90 Å². The Morgan fingerprint density at radius 3 is 2.64 bits per heavy atom. The summed E-state index contributed by atoms with van der Waals surface area (Å²) >= 11 is 3.49. The Labute approximate surface area is 174 Å². The van der Waals surface area contributed by atoms with Crippen LogP contribution in [0.2, 0.25) is 0 Å². The summed E-state index contributed by atoms with van der Waals surface area (Å²) in [6, 6.07) is 14.5. The van der Waals surface area contributed by atoms with Crippen LogP contribution < -0.4 is 4.90 Å². The summed E-state index contributed by atoms with van der Waals surface area (Å²) in [6.07, 6.45) is 2.23. The highest BCUT2D eigenvalue weighted by Crippen LogP contribution is 2.36. The zero-order valence-electron chi connectivity index (χ0n) is 15.7. The third kappa shape index (κ3) is 3.51. The minimum atomic E-state index is -3.58. The molecule has 4 rings (SSSR count). The van der Waals surface area contributed by atoms with E-state index in [0.29, 0.717) is 19.4 Å². The number of benzene rings is 2. The van der Waals surface area contributed by atoms with Crippen LogP contribution in [0.25, 0.3) is 0 Å². The molecule has 1 amide bonds. The molecule has 0 spiro atoms. The normalized spacial score (nSPS) is 22.9. The SMILES string of the molecule is C[C@H]1Cc2cc(Br)ccc2N1C(=O)[C@H]1CCCN(S(=O)(=O)c2ccccc2)C1. The van der Waals surface area contributed by atoms with Gasteiger partial charge in [-0.1, -0.05) is 34.1 Å². The van der Waals surface area contributed by atoms with Gasteiger partial charge in [0.15, 0.2) is 0 Å². The quantitative estimate of drug-likeness (QED) is 0.696. The van der Waals surface area contributed by atoms with Crippen LogP contribution in [0.5, 0.6) is 0 Å². The minimum Gasteiger partial charge on any atom is -0.309 e. The molecule has 2 aromatic carbocycles. The standard InChI is InChI=1S/C21H23BrN2O3S/c1-15-12-17-13-18(22)9-10-20(17)24(15)21(25)16-6-5-11-23(14-16)28(26,27)19-7-3-2-4-8-19/h2-4,7-10,13,15-16H,5-6,11-12,14H2,1H3/t15-,16-/m0/s1. The zero-order chi connectivity index (χ0) is 19.9. The van der Waals surface area contributed by atoms with Crippen molar-refractivity contribution in [1.82, 2.24) is 4.31 Å². The van der Waals surface area contributed by atoms with Crippen LogP contribution in [-0.4, -0.2) is 37.8 Å². The maximum absolute atomic E-state index is 13.4. The molecule has 148 valence electrons. The van der Waals surface area contributed by atoms with Gasteiger partial charge in [-0.05, 0) is 62.1 Å². The zero-order valence-corrected chi connectivity index (χ0v) is 18.1. The lowest BCUT2D eigenvalue weighted by molar-refractivity contribution is -0.123. The summed E-state index contributed by atoms with van der Waals surface area (Å²) in [6.45, 7) is 2.75. The van der Waals surface area contributed by atoms with Crippen molar-refractivity contribution in [2.24, 2.45) is 5.92 Å². The first kappa shape index (κ1) is 19.6. The Bertz CT molecular complexity index is 994. The van der Waals surface area contributed by atoms with Crippen LogP contribution in [0.3, 0.4) is 0 Å². The van der Waals surface area contributed by atoms with E-state index in [2.05, 4.69) is 22.0 Å². The van der Waals surface area contributed by atoms with E-state index < -0.39 is 10.0 Å². The fraction of sp³-hybridized carbons (Fsp3) is 0.381. The van der Waals surface area contributed by atoms with E-state index in [1.54, 1.807) is 30.3 Å². The molecule has 2 atom stereocenters. The highest BCUT2D eigenvalue weighted by molar-refractivity contribution is 9.10. The van der Waals surface area contributed by atoms with Crippen LogP contribution in [0.4, 0.5) is 5.69 Å². The molecule has 0 bridgehead atoms. The number of anilines is 1. The molecule has 7 heteroatoms. The lowest BCUT2D eigenvalue weighted by Crippen LogP contribution is -2.48. The molecular weight excluding hydrogens is 440 g/mol. The number of carbonyl (C=O) groups excluding carboxylic acids is 1. The summed E-state index contributed by atoms with van der Waals surface area (Å²) in [5.41, 5.74) is 2.10. The molecule has 2 aliphatic rings. The average molecular weight is 463 g/mol. The summed E-state index contributed by atoms with van der Waals surface area (Å²) in [5.74, 6) is -0.286. The molecule has 0 aromatic heterocycles. The number of rotatable bonds is 3. The predicted molar refractivity (Wildman–Crippen MR) is 113 cm³/mol. The molecule has 2 aliphatic heterocycles. The van der Waals surface area contributed by atoms with Gasteiger partial charge in [0, 0.05) is 29.3 Å². The molecule has 1 saturated heterocycles. The van der Waals surface area contributed by atoms with Crippen molar-refractivity contribution in [3.63, 3.8) is 0 Å². The van der Waals surface area contributed by atoms with Crippen molar-refractivity contribution in [1.29, 1.82) is 0 Å². The van der Waals surface area contributed by atoms with E-state index in [-0.39, 0.29) is 29.3 Å². The molecule has 5 nitrogen and oxygen atoms in total. The van der Waals surface area contributed by atoms with Gasteiger partial charge in [0.2, 0.25) is 15.9 Å². The Hall–Kier alpha value is -1.70. The largest absolute Gasteiger partial charge is 0.309 e. The van der Waals surface area contributed by atoms with Crippen molar-refractivity contribution in [2.45, 2.75) is 37.1 Å². The number of carbonyl (C=O) groups is 1. The van der Waals surface area contributed by atoms with Gasteiger partial charge >= 0.3 is 0 Å². The number of sulfonamides is 1. The van der Waals surface area contributed by atoms with E-state index in [1.807, 2.05) is 24.0 Å². The molecule has 2 heterocycles. The summed E-state index contributed by atoms with van der Waals surface area (Å²) < 4.78 is 28.4. The predicted octanol–water partition coefficient (Wildman–Crippen LogP) is 3.83. The maximum atomic E-state index is 13.4. The van der Waals surface area contributed by atoms with E-state index in [4.69, 9.17) is 0 Å². The van der Waals surface area contributed by atoms with Gasteiger partial charge in [-0.3, -0.25) is 4.79 Å². The van der Waals surface area contributed by atoms with Gasteiger partial charge in [0.1, 0.15) is 0 Å². The Kier molecular flexibility index (Phi) is 5.33. The van der Waals surface area contributed by atoms with Crippen LogP contribution >= 0.6 is 15.9 Å². The molecule has 0 aliphatic carbocycles. The summed E-state index contributed by atoms with van der Waals surface area (Å²) in [4.78, 5) is 15.5. The summed E-state index contributed by atoms with van der Waals surface area (Å²) in [7, 11) is -3.58. The van der Waals surface area contributed by atoms with E-state index in [1.165, 1.54) is 4.31 Å². The monoisotopic (exact) mass is 462 g/mol. The van der Waals surface area contributed by atoms with Crippen LogP contribution in [0.1, 0.15) is 25.3 Å². The molecule has 28 heavy (non-hydrogen) atoms. The number of amides is 1. The lowest BCUT2D eigenvalue weighted by Gasteiger charge is -2.34. The van der Waals surface area contributed by atoms with Gasteiger partial charge in [0.25, 0.3) is 0 Å². The minimum absolute atomic E-state index is 0.0292. The van der Waals surface area contributed by atoms with Crippen LogP contribution in [0, 0.1) is 5.92 Å². The first-order chi connectivity index (χ1) is 13.4. The van der Waals surface area contributed by atoms with Gasteiger partial charge in [-0.15, -0.1) is 0 Å². The number of fused-ring (bicyclic) bond motifs is 1. The third-order valence-electron chi connectivity index (χ3n) is 5.61. The Morgan fingerprint density at radius 2 is 1.89 bits per heavy atom. The number of hydrogen-bond acceptors (Lipinski definition) is 3. The van der Waals surface area contributed by atoms with Crippen molar-refractivity contribution in [3.05, 3.63) is 58.6 Å². The second-order valence-corrected chi connectivity index (χ2v) is 10.4. The Morgan fingerprint density at radius 1 is 1.14 bits per heavy atom. The molecular formula is C21H23BrN2O3S. The average Bonchev–Trinajstić information content (AvgIpc) is 3.03. The molecule has 0 N–H and O–H groups in total. The van der Waals surface area contributed by atoms with E-state index in [9.17, 15) is 13.2 Å². The Balaban J connectivity index is 1.57. The second-order valence-electron chi connectivity index (χ2n) is 7.55. The number of hydrogen-bond donors (Lipinski definition) is 0. The number of halogens is 1. The number of piperidine rings is 1. The van der Waals surface area contributed by atoms with Crippen molar-refractivity contribution < 1.29 is 13.2 Å². The molecule has 0 saturated carbocycles.